The molecule has 1 aliphatic rings. The van der Waals surface area contributed by atoms with Gasteiger partial charge in [0.1, 0.15) is 0 Å². The number of nitrogens with two attached hydrogens (primary N) is 1. The lowest BCUT2D eigenvalue weighted by molar-refractivity contribution is 0.199. The molecule has 1 aromatic rings. The van der Waals surface area contributed by atoms with Crippen LogP contribution >= 0.6 is 0 Å². The number of halogens is 2. The second-order valence-corrected chi connectivity index (χ2v) is 3.80. The number of benzene rings is 1. The summed E-state index contributed by atoms with van der Waals surface area (Å²) in [6.07, 6.45) is 3.89. The van der Waals surface area contributed by atoms with Crippen molar-refractivity contribution in [3.63, 3.8) is 0 Å². The molecule has 15 heavy (non-hydrogen) atoms. The van der Waals surface area contributed by atoms with E-state index in [9.17, 15) is 8.78 Å². The minimum absolute atomic E-state index is 0.0244. The second kappa shape index (κ2) is 4.04. The summed E-state index contributed by atoms with van der Waals surface area (Å²) in [5.74, 6) is -2.04. The lowest BCUT2D eigenvalue weighted by Gasteiger charge is -2.15. The van der Waals surface area contributed by atoms with Gasteiger partial charge in [-0.3, -0.25) is 0 Å². The second-order valence-electron chi connectivity index (χ2n) is 3.80. The van der Waals surface area contributed by atoms with Gasteiger partial charge in [-0.2, -0.15) is 4.39 Å². The van der Waals surface area contributed by atoms with E-state index in [4.69, 9.17) is 10.5 Å². The van der Waals surface area contributed by atoms with E-state index in [1.807, 2.05) is 0 Å². The topological polar surface area (TPSA) is 35.2 Å². The summed E-state index contributed by atoms with van der Waals surface area (Å²) in [5, 5.41) is 0. The van der Waals surface area contributed by atoms with Crippen LogP contribution < -0.4 is 10.5 Å². The molecule has 2 nitrogen and oxygen atoms in total. The Bertz CT molecular complexity index is 362. The molecule has 0 saturated heterocycles. The fraction of sp³-hybridized carbons (Fsp3) is 0.455. The van der Waals surface area contributed by atoms with Crippen molar-refractivity contribution in [1.82, 2.24) is 0 Å². The summed E-state index contributed by atoms with van der Waals surface area (Å²) in [6.45, 7) is 0. The van der Waals surface area contributed by atoms with Gasteiger partial charge in [-0.15, -0.1) is 0 Å². The van der Waals surface area contributed by atoms with Crippen molar-refractivity contribution < 1.29 is 13.5 Å². The SMILES string of the molecule is Nc1ccc(F)c(F)c1OC1CCCC1. The first-order chi connectivity index (χ1) is 7.18. The highest BCUT2D eigenvalue weighted by Crippen LogP contribution is 2.31. The molecule has 0 amide bonds. The minimum Gasteiger partial charge on any atom is -0.485 e. The van der Waals surface area contributed by atoms with Gasteiger partial charge in [-0.05, 0) is 37.8 Å². The zero-order chi connectivity index (χ0) is 10.8. The van der Waals surface area contributed by atoms with Gasteiger partial charge < -0.3 is 10.5 Å². The van der Waals surface area contributed by atoms with Gasteiger partial charge in [0, 0.05) is 0 Å². The van der Waals surface area contributed by atoms with Crippen LogP contribution in [0, 0.1) is 11.6 Å². The summed E-state index contributed by atoms with van der Waals surface area (Å²) in [7, 11) is 0. The van der Waals surface area contributed by atoms with E-state index in [2.05, 4.69) is 0 Å². The molecule has 0 aromatic heterocycles. The van der Waals surface area contributed by atoms with Gasteiger partial charge in [0.25, 0.3) is 0 Å². The molecule has 0 atom stereocenters. The predicted octanol–water partition coefficient (Wildman–Crippen LogP) is 2.87. The monoisotopic (exact) mass is 213 g/mol. The molecule has 2 rings (SSSR count). The molecule has 0 heterocycles. The molecule has 4 heteroatoms. The van der Waals surface area contributed by atoms with Crippen LogP contribution in [0.25, 0.3) is 0 Å². The highest BCUT2D eigenvalue weighted by atomic mass is 19.2. The average Bonchev–Trinajstić information content (AvgIpc) is 2.71. The lowest BCUT2D eigenvalue weighted by Crippen LogP contribution is -2.13. The molecule has 0 aliphatic heterocycles. The third-order valence-electron chi connectivity index (χ3n) is 2.67. The molecule has 2 N–H and O–H groups in total. The van der Waals surface area contributed by atoms with Crippen molar-refractivity contribution in [3.05, 3.63) is 23.8 Å². The molecule has 0 bridgehead atoms. The van der Waals surface area contributed by atoms with Crippen LogP contribution in [-0.4, -0.2) is 6.10 Å². The van der Waals surface area contributed by atoms with Crippen molar-refractivity contribution in [2.24, 2.45) is 0 Å². The van der Waals surface area contributed by atoms with Crippen LogP contribution in [-0.2, 0) is 0 Å². The quantitative estimate of drug-likeness (QED) is 0.766. The number of anilines is 1. The van der Waals surface area contributed by atoms with Gasteiger partial charge in [0.05, 0.1) is 11.8 Å². The van der Waals surface area contributed by atoms with E-state index in [1.54, 1.807) is 0 Å². The summed E-state index contributed by atoms with van der Waals surface area (Å²) >= 11 is 0. The molecule has 1 saturated carbocycles. The van der Waals surface area contributed by atoms with E-state index < -0.39 is 11.6 Å². The Hall–Kier alpha value is -1.32. The Labute approximate surface area is 87.0 Å². The highest BCUT2D eigenvalue weighted by Gasteiger charge is 2.21. The number of hydrogen-bond donors (Lipinski definition) is 1. The fourth-order valence-electron chi connectivity index (χ4n) is 1.84. The first-order valence-electron chi connectivity index (χ1n) is 5.08. The average molecular weight is 213 g/mol. The molecule has 0 spiro atoms. The Morgan fingerprint density at radius 3 is 2.53 bits per heavy atom. The first kappa shape index (κ1) is 10.2. The summed E-state index contributed by atoms with van der Waals surface area (Å²) in [4.78, 5) is 0. The lowest BCUT2D eigenvalue weighted by atomic mass is 10.2. The third-order valence-corrected chi connectivity index (χ3v) is 2.67. The van der Waals surface area contributed by atoms with Crippen molar-refractivity contribution in [1.29, 1.82) is 0 Å². The van der Waals surface area contributed by atoms with Crippen molar-refractivity contribution in [3.8, 4) is 5.75 Å². The summed E-state index contributed by atoms with van der Waals surface area (Å²) in [5.41, 5.74) is 5.69. The van der Waals surface area contributed by atoms with E-state index in [0.29, 0.717) is 0 Å². The van der Waals surface area contributed by atoms with Crippen molar-refractivity contribution in [2.45, 2.75) is 31.8 Å². The van der Waals surface area contributed by atoms with Crippen LogP contribution in [0.5, 0.6) is 5.75 Å². The summed E-state index contributed by atoms with van der Waals surface area (Å²) < 4.78 is 31.6. The standard InChI is InChI=1S/C11H13F2NO/c12-8-5-6-9(14)11(10(8)13)15-7-3-1-2-4-7/h5-7H,1-4,14H2. The van der Waals surface area contributed by atoms with Gasteiger partial charge in [-0.25, -0.2) is 4.39 Å². The molecule has 0 radical (unpaired) electrons. The number of hydrogen-bond acceptors (Lipinski definition) is 2. The third kappa shape index (κ3) is 2.03. The van der Waals surface area contributed by atoms with E-state index in [-0.39, 0.29) is 17.5 Å². The number of rotatable bonds is 2. The highest BCUT2D eigenvalue weighted by molar-refractivity contribution is 5.53. The zero-order valence-corrected chi connectivity index (χ0v) is 8.30. The molecule has 0 unspecified atom stereocenters. The van der Waals surface area contributed by atoms with Crippen LogP contribution in [0.3, 0.4) is 0 Å². The van der Waals surface area contributed by atoms with Crippen LogP contribution in [0.1, 0.15) is 25.7 Å². The smallest absolute Gasteiger partial charge is 0.202 e. The molecule has 1 aromatic carbocycles. The Morgan fingerprint density at radius 1 is 1.20 bits per heavy atom. The normalized spacial score (nSPS) is 16.9. The Balaban J connectivity index is 2.22. The van der Waals surface area contributed by atoms with E-state index in [1.165, 1.54) is 6.07 Å². The zero-order valence-electron chi connectivity index (χ0n) is 8.30. The minimum atomic E-state index is -0.984. The van der Waals surface area contributed by atoms with Crippen LogP contribution in [0.4, 0.5) is 14.5 Å². The van der Waals surface area contributed by atoms with Gasteiger partial charge in [0.15, 0.2) is 11.6 Å². The summed E-state index contributed by atoms with van der Waals surface area (Å²) in [6, 6.07) is 2.33. The van der Waals surface area contributed by atoms with Crippen LogP contribution in [0.15, 0.2) is 12.1 Å². The van der Waals surface area contributed by atoms with Crippen molar-refractivity contribution >= 4 is 5.69 Å². The molecular formula is C11H13F2NO. The molecular weight excluding hydrogens is 200 g/mol. The van der Waals surface area contributed by atoms with Gasteiger partial charge in [0.2, 0.25) is 5.82 Å². The maximum absolute atomic E-state index is 13.3. The van der Waals surface area contributed by atoms with Crippen molar-refractivity contribution in [2.75, 3.05) is 5.73 Å². The maximum atomic E-state index is 13.3. The van der Waals surface area contributed by atoms with Gasteiger partial charge in [-0.1, -0.05) is 0 Å². The van der Waals surface area contributed by atoms with Crippen LogP contribution in [0.2, 0.25) is 0 Å². The van der Waals surface area contributed by atoms with E-state index in [0.717, 1.165) is 31.7 Å². The fourth-order valence-corrected chi connectivity index (χ4v) is 1.84. The first-order valence-corrected chi connectivity index (χ1v) is 5.08. The maximum Gasteiger partial charge on any atom is 0.202 e. The molecule has 82 valence electrons. The number of nitrogen functional groups attached to an aromatic ring is 1. The Kier molecular flexibility index (Phi) is 2.75. The van der Waals surface area contributed by atoms with E-state index >= 15 is 0 Å². The molecule has 1 aliphatic carbocycles. The number of ether oxygens (including phenoxy) is 1. The Morgan fingerprint density at radius 2 is 1.87 bits per heavy atom. The largest absolute Gasteiger partial charge is 0.485 e. The predicted molar refractivity (Wildman–Crippen MR) is 53.7 cm³/mol. The van der Waals surface area contributed by atoms with Gasteiger partial charge >= 0.3 is 0 Å². The molecule has 1 fully saturated rings.